The maximum atomic E-state index is 12.4. The van der Waals surface area contributed by atoms with Gasteiger partial charge in [-0.1, -0.05) is 0 Å². The van der Waals surface area contributed by atoms with E-state index in [1.807, 2.05) is 0 Å². The van der Waals surface area contributed by atoms with Crippen molar-refractivity contribution in [2.24, 2.45) is 5.73 Å². The van der Waals surface area contributed by atoms with Gasteiger partial charge in [0.25, 0.3) is 12.1 Å². The third-order valence-corrected chi connectivity index (χ3v) is 9.40. The minimum Gasteiger partial charge on any atom is -0.387 e. The first-order chi connectivity index (χ1) is 20.3. The van der Waals surface area contributed by atoms with Gasteiger partial charge in [0.1, 0.15) is 42.4 Å². The molecular weight excluding hydrogens is 622 g/mol. The Labute approximate surface area is 242 Å². The second kappa shape index (κ2) is 12.4. The number of aromatic nitrogens is 3. The van der Waals surface area contributed by atoms with E-state index >= 15 is 0 Å². The lowest BCUT2D eigenvalue weighted by molar-refractivity contribution is -0.765. The Morgan fingerprint density at radius 1 is 1.07 bits per heavy atom. The summed E-state index contributed by atoms with van der Waals surface area (Å²) in [6, 6.07) is 2.85. The minimum atomic E-state index is -5.34. The number of phosphoric acid groups is 2. The Hall–Kier alpha value is -2.68. The summed E-state index contributed by atoms with van der Waals surface area (Å²) in [4.78, 5) is 40.9. The maximum Gasteiger partial charge on any atom is 0.481 e. The number of ether oxygens (including phenoxy) is 2. The summed E-state index contributed by atoms with van der Waals surface area (Å²) in [5.74, 6) is -0.374. The number of hydrogen-bond donors (Lipinski definition) is 8. The van der Waals surface area contributed by atoms with Crippen molar-refractivity contribution in [2.45, 2.75) is 49.1 Å². The zero-order valence-electron chi connectivity index (χ0n) is 21.9. The molecule has 3 aliphatic heterocycles. The fraction of sp³-hybridized carbons (Fsp3) is 0.524. The number of nitrogens with two attached hydrogens (primary N) is 1. The molecule has 20 nitrogen and oxygen atoms in total. The Kier molecular flexibility index (Phi) is 9.13. The van der Waals surface area contributed by atoms with E-state index in [0.29, 0.717) is 11.5 Å². The molecule has 2 fully saturated rings. The van der Waals surface area contributed by atoms with Gasteiger partial charge in [-0.05, 0) is 6.07 Å². The van der Waals surface area contributed by atoms with Gasteiger partial charge in [-0.2, -0.15) is 8.88 Å². The Bertz CT molecular complexity index is 1440. The molecule has 236 valence electrons. The predicted molar refractivity (Wildman–Crippen MR) is 137 cm³/mol. The predicted octanol–water partition coefficient (Wildman–Crippen LogP) is -2.93. The number of anilines is 2. The van der Waals surface area contributed by atoms with Gasteiger partial charge in [0, 0.05) is 6.07 Å². The lowest BCUT2D eigenvalue weighted by Crippen LogP contribution is -2.46. The number of aliphatic hydroxyl groups is 4. The van der Waals surface area contributed by atoms with Crippen molar-refractivity contribution in [3.05, 3.63) is 42.6 Å². The Morgan fingerprint density at radius 2 is 1.72 bits per heavy atom. The van der Waals surface area contributed by atoms with Crippen LogP contribution in [0.2, 0.25) is 0 Å². The molecule has 0 aliphatic carbocycles. The number of carbonyl (C=O) groups is 1. The number of pyridine rings is 1. The molecule has 2 aromatic rings. The SMILES string of the molecule is NC(=O)c1ccc[n+](C2OC(COP(=O)(O)OP(=O)(O)OC[C@H]3O[C@@H](N4CNc5cncnc54)[C@H](O)[C@@H]3O)[C@@H](O)[C@H]2O)c1. The molecule has 22 heteroatoms. The molecule has 2 aromatic heterocycles. The first-order valence-electron chi connectivity index (χ1n) is 12.6. The molecule has 3 aliphatic rings. The summed E-state index contributed by atoms with van der Waals surface area (Å²) >= 11 is 0. The van der Waals surface area contributed by atoms with Crippen molar-refractivity contribution in [3.8, 4) is 0 Å². The number of fused-ring (bicyclic) bond motifs is 1. The van der Waals surface area contributed by atoms with E-state index in [-0.39, 0.29) is 12.2 Å². The summed E-state index contributed by atoms with van der Waals surface area (Å²) < 4.78 is 50.9. The van der Waals surface area contributed by atoms with Crippen molar-refractivity contribution < 1.29 is 71.5 Å². The van der Waals surface area contributed by atoms with Gasteiger partial charge in [0.2, 0.25) is 0 Å². The molecule has 43 heavy (non-hydrogen) atoms. The fourth-order valence-corrected chi connectivity index (χ4v) is 6.77. The van der Waals surface area contributed by atoms with Crippen LogP contribution in [0.15, 0.2) is 37.1 Å². The molecule has 9 N–H and O–H groups in total. The number of phosphoric ester groups is 2. The molecule has 0 aromatic carbocycles. The van der Waals surface area contributed by atoms with Gasteiger partial charge in [0.05, 0.1) is 31.8 Å². The standard InChI is InChI=1S/C21H28N6O14P2/c22-18(32)10-2-1-3-26(5-10)20-16(30)14(28)12(39-20)6-37-42(33,34)41-43(35,36)38-7-13-15(29)17(31)21(40-13)27-9-25-11-4-23-8-24-19(11)27/h1-5,8,12-17,20-21,25,28-31H,6-7,9H2,(H3-,22,32,33,34,35,36)/p+1/t12?,13-,14-,15-,16-,17-,20?,21-/m1/s1. The maximum absolute atomic E-state index is 12.4. The van der Waals surface area contributed by atoms with Gasteiger partial charge >= 0.3 is 15.6 Å². The highest BCUT2D eigenvalue weighted by Gasteiger charge is 2.51. The quantitative estimate of drug-likeness (QED) is 0.0891. The van der Waals surface area contributed by atoms with Crippen LogP contribution >= 0.6 is 15.6 Å². The van der Waals surface area contributed by atoms with Crippen LogP contribution in [0.5, 0.6) is 0 Å². The summed E-state index contributed by atoms with van der Waals surface area (Å²) in [7, 11) is -10.7. The number of rotatable bonds is 11. The third kappa shape index (κ3) is 6.86. The normalized spacial score (nSPS) is 33.0. The van der Waals surface area contributed by atoms with Crippen LogP contribution in [0.3, 0.4) is 0 Å². The number of amides is 1. The van der Waals surface area contributed by atoms with E-state index in [2.05, 4.69) is 19.6 Å². The van der Waals surface area contributed by atoms with Crippen molar-refractivity contribution in [1.82, 2.24) is 9.97 Å². The highest BCUT2D eigenvalue weighted by atomic mass is 31.3. The molecule has 0 radical (unpaired) electrons. The molecule has 0 saturated carbocycles. The van der Waals surface area contributed by atoms with E-state index in [0.717, 1.165) is 0 Å². The zero-order valence-corrected chi connectivity index (χ0v) is 23.7. The van der Waals surface area contributed by atoms with Crippen LogP contribution in [0, 0.1) is 0 Å². The summed E-state index contributed by atoms with van der Waals surface area (Å²) in [6.07, 6.45) is -6.00. The van der Waals surface area contributed by atoms with Crippen molar-refractivity contribution >= 4 is 33.1 Å². The van der Waals surface area contributed by atoms with E-state index in [1.54, 1.807) is 0 Å². The molecule has 5 heterocycles. The highest BCUT2D eigenvalue weighted by Crippen LogP contribution is 2.60. The number of primary amides is 1. The molecule has 5 rings (SSSR count). The molecule has 0 spiro atoms. The summed E-state index contributed by atoms with van der Waals surface area (Å²) in [5.41, 5.74) is 5.87. The lowest BCUT2D eigenvalue weighted by atomic mass is 10.1. The monoisotopic (exact) mass is 651 g/mol. The number of carbonyl (C=O) groups excluding carboxylic acids is 1. The van der Waals surface area contributed by atoms with E-state index in [9.17, 15) is 44.1 Å². The minimum absolute atomic E-state index is 0.0768. The van der Waals surface area contributed by atoms with Crippen LogP contribution < -0.4 is 20.5 Å². The third-order valence-electron chi connectivity index (χ3n) is 6.80. The zero-order chi connectivity index (χ0) is 31.1. The van der Waals surface area contributed by atoms with Crippen LogP contribution in [0.4, 0.5) is 11.5 Å². The van der Waals surface area contributed by atoms with Gasteiger partial charge in [-0.15, -0.1) is 0 Å². The molecule has 2 saturated heterocycles. The largest absolute Gasteiger partial charge is 0.481 e. The van der Waals surface area contributed by atoms with Crippen molar-refractivity contribution in [2.75, 3.05) is 30.1 Å². The smallest absolute Gasteiger partial charge is 0.387 e. The summed E-state index contributed by atoms with van der Waals surface area (Å²) in [6.45, 7) is -1.58. The molecule has 0 bridgehead atoms. The van der Waals surface area contributed by atoms with Gasteiger partial charge in [0.15, 0.2) is 30.5 Å². The molecule has 4 unspecified atom stereocenters. The van der Waals surface area contributed by atoms with Crippen LogP contribution in [-0.2, 0) is 32.0 Å². The van der Waals surface area contributed by atoms with Crippen LogP contribution in [0.1, 0.15) is 16.6 Å². The second-order valence-corrected chi connectivity index (χ2v) is 12.7. The molecular formula is C21H29N6O14P2+. The number of hydrogen-bond acceptors (Lipinski definition) is 16. The topological polar surface area (TPSA) is 290 Å². The molecule has 10 atom stereocenters. The first-order valence-corrected chi connectivity index (χ1v) is 15.6. The van der Waals surface area contributed by atoms with Gasteiger partial charge < -0.3 is 55.6 Å². The Balaban J connectivity index is 1.13. The second-order valence-electron chi connectivity index (χ2n) is 9.67. The number of aliphatic hydroxyl groups excluding tert-OH is 4. The number of nitrogens with one attached hydrogen (secondary N) is 1. The lowest BCUT2D eigenvalue weighted by Gasteiger charge is -2.26. The summed E-state index contributed by atoms with van der Waals surface area (Å²) in [5, 5.41) is 44.6. The number of nitrogens with zero attached hydrogens (tertiary/aromatic N) is 4. The molecule has 1 amide bonds. The van der Waals surface area contributed by atoms with Crippen LogP contribution in [-0.4, -0.2) is 109 Å². The van der Waals surface area contributed by atoms with Gasteiger partial charge in [-0.25, -0.2) is 19.1 Å². The van der Waals surface area contributed by atoms with Crippen molar-refractivity contribution in [3.63, 3.8) is 0 Å². The fourth-order valence-electron chi connectivity index (χ4n) is 4.68. The first kappa shape index (κ1) is 31.7. The van der Waals surface area contributed by atoms with E-state index in [1.165, 1.54) is 46.5 Å². The highest BCUT2D eigenvalue weighted by molar-refractivity contribution is 7.61. The van der Waals surface area contributed by atoms with Crippen LogP contribution in [0.25, 0.3) is 0 Å². The Morgan fingerprint density at radius 3 is 2.40 bits per heavy atom. The average molecular weight is 651 g/mol. The van der Waals surface area contributed by atoms with Crippen molar-refractivity contribution in [1.29, 1.82) is 0 Å². The van der Waals surface area contributed by atoms with E-state index in [4.69, 9.17) is 24.3 Å². The average Bonchev–Trinajstić information content (AvgIpc) is 3.60. The van der Waals surface area contributed by atoms with E-state index < -0.39 is 83.8 Å². The van der Waals surface area contributed by atoms with Gasteiger partial charge in [-0.3, -0.25) is 13.8 Å².